The Morgan fingerprint density at radius 2 is 1.97 bits per heavy atom. The lowest BCUT2D eigenvalue weighted by Crippen LogP contribution is -2.38. The summed E-state index contributed by atoms with van der Waals surface area (Å²) >= 11 is 0. The molecule has 0 amide bonds. The van der Waals surface area contributed by atoms with E-state index in [9.17, 15) is 13.2 Å². The highest BCUT2D eigenvalue weighted by Gasteiger charge is 2.35. The van der Waals surface area contributed by atoms with Crippen LogP contribution in [-0.2, 0) is 0 Å². The predicted molar refractivity (Wildman–Crippen MR) is 123 cm³/mol. The molecular formula is C24H22F3N7. The number of piperidine rings is 1. The first-order valence-electron chi connectivity index (χ1n) is 10.8. The molecule has 7 nitrogen and oxygen atoms in total. The minimum Gasteiger partial charge on any atom is -0.369 e. The van der Waals surface area contributed by atoms with E-state index in [1.54, 1.807) is 30.6 Å². The number of aromatic amines is 2. The number of aryl methyl sites for hydroxylation is 1. The standard InChI is InChI=1S/C24H22F3N7/c1-3-4-20(34-7-5-24(26,27)6-8-34)21-14(2)30-23(31-21)22-17-10-18(29-13-19(17)32-33-22)15-9-16(25)12-28-11-15/h3-4,9-13H,1,5-8H2,2H3,(H,30,31)(H,32,33)/b20-4+. The van der Waals surface area contributed by atoms with Crippen molar-refractivity contribution in [2.24, 2.45) is 0 Å². The molecule has 5 heterocycles. The van der Waals surface area contributed by atoms with Crippen molar-refractivity contribution in [2.75, 3.05) is 13.1 Å². The van der Waals surface area contributed by atoms with Gasteiger partial charge < -0.3 is 9.88 Å². The zero-order valence-corrected chi connectivity index (χ0v) is 18.4. The molecule has 0 aromatic carbocycles. The second-order valence-corrected chi connectivity index (χ2v) is 8.27. The van der Waals surface area contributed by atoms with Gasteiger partial charge in [0, 0.05) is 48.8 Å². The van der Waals surface area contributed by atoms with Crippen LogP contribution in [0, 0.1) is 12.7 Å². The van der Waals surface area contributed by atoms with Crippen molar-refractivity contribution in [1.29, 1.82) is 0 Å². The summed E-state index contributed by atoms with van der Waals surface area (Å²) in [6.07, 6.45) is 7.32. The van der Waals surface area contributed by atoms with E-state index < -0.39 is 11.7 Å². The van der Waals surface area contributed by atoms with E-state index in [0.717, 1.165) is 23.0 Å². The van der Waals surface area contributed by atoms with E-state index in [4.69, 9.17) is 4.98 Å². The molecule has 1 aliphatic heterocycles. The lowest BCUT2D eigenvalue weighted by molar-refractivity contribution is -0.0450. The number of hydrogen-bond donors (Lipinski definition) is 2. The predicted octanol–water partition coefficient (Wildman–Crippen LogP) is 5.12. The van der Waals surface area contributed by atoms with Gasteiger partial charge in [0.1, 0.15) is 17.2 Å². The molecule has 1 aliphatic rings. The van der Waals surface area contributed by atoms with E-state index in [1.165, 1.54) is 6.07 Å². The molecule has 174 valence electrons. The van der Waals surface area contributed by atoms with Crippen LogP contribution in [0.5, 0.6) is 0 Å². The Balaban J connectivity index is 1.53. The first-order valence-corrected chi connectivity index (χ1v) is 10.8. The van der Waals surface area contributed by atoms with Crippen molar-refractivity contribution in [3.8, 4) is 22.8 Å². The fourth-order valence-electron chi connectivity index (χ4n) is 4.15. The molecule has 2 N–H and O–H groups in total. The van der Waals surface area contributed by atoms with Gasteiger partial charge in [-0.2, -0.15) is 5.10 Å². The van der Waals surface area contributed by atoms with Crippen molar-refractivity contribution in [1.82, 2.24) is 35.0 Å². The maximum atomic E-state index is 13.7. The molecule has 5 rings (SSSR count). The number of hydrogen-bond acceptors (Lipinski definition) is 5. The summed E-state index contributed by atoms with van der Waals surface area (Å²) in [5.41, 5.74) is 4.52. The van der Waals surface area contributed by atoms with Gasteiger partial charge in [-0.3, -0.25) is 15.1 Å². The number of rotatable bonds is 5. The average molecular weight is 465 g/mol. The number of halogens is 3. The molecule has 1 saturated heterocycles. The number of likely N-dealkylation sites (tertiary alicyclic amines) is 1. The molecule has 1 fully saturated rings. The summed E-state index contributed by atoms with van der Waals surface area (Å²) in [5.74, 6) is -2.57. The Morgan fingerprint density at radius 1 is 1.18 bits per heavy atom. The van der Waals surface area contributed by atoms with Gasteiger partial charge in [0.05, 0.1) is 29.3 Å². The van der Waals surface area contributed by atoms with Crippen molar-refractivity contribution in [3.05, 3.63) is 66.7 Å². The third-order valence-electron chi connectivity index (χ3n) is 5.91. The Kier molecular flexibility index (Phi) is 5.43. The number of aromatic nitrogens is 6. The summed E-state index contributed by atoms with van der Waals surface area (Å²) in [6, 6.07) is 3.17. The van der Waals surface area contributed by atoms with Crippen molar-refractivity contribution < 1.29 is 13.2 Å². The molecule has 0 atom stereocenters. The Morgan fingerprint density at radius 3 is 2.71 bits per heavy atom. The highest BCUT2D eigenvalue weighted by atomic mass is 19.3. The molecule has 10 heteroatoms. The average Bonchev–Trinajstić information content (AvgIpc) is 3.40. The number of pyridine rings is 2. The fraction of sp³-hybridized carbons (Fsp3) is 0.250. The number of nitrogens with one attached hydrogen (secondary N) is 2. The molecule has 0 bridgehead atoms. The number of nitrogens with zero attached hydrogens (tertiary/aromatic N) is 5. The normalized spacial score (nSPS) is 16.2. The van der Waals surface area contributed by atoms with Crippen LogP contribution in [0.4, 0.5) is 13.2 Å². The van der Waals surface area contributed by atoms with Crippen LogP contribution in [0.1, 0.15) is 24.2 Å². The minimum absolute atomic E-state index is 0.202. The number of alkyl halides is 2. The van der Waals surface area contributed by atoms with Crippen LogP contribution in [0.15, 0.2) is 49.5 Å². The smallest absolute Gasteiger partial charge is 0.251 e. The summed E-state index contributed by atoms with van der Waals surface area (Å²) in [4.78, 5) is 18.2. The minimum atomic E-state index is -2.64. The molecule has 0 saturated carbocycles. The zero-order valence-electron chi connectivity index (χ0n) is 18.4. The lowest BCUT2D eigenvalue weighted by Gasteiger charge is -2.34. The summed E-state index contributed by atoms with van der Waals surface area (Å²) in [5, 5.41) is 8.11. The Labute approximate surface area is 193 Å². The lowest BCUT2D eigenvalue weighted by atomic mass is 10.0. The topological polar surface area (TPSA) is 86.4 Å². The summed E-state index contributed by atoms with van der Waals surface area (Å²) in [6.45, 7) is 6.12. The number of H-pyrrole nitrogens is 2. The number of imidazole rings is 1. The van der Waals surface area contributed by atoms with Gasteiger partial charge in [-0.15, -0.1) is 0 Å². The monoisotopic (exact) mass is 465 g/mol. The first-order chi connectivity index (χ1) is 16.3. The van der Waals surface area contributed by atoms with Gasteiger partial charge in [-0.25, -0.2) is 18.2 Å². The van der Waals surface area contributed by atoms with Crippen LogP contribution in [-0.4, -0.2) is 54.0 Å². The quantitative estimate of drug-likeness (QED) is 0.400. The van der Waals surface area contributed by atoms with Gasteiger partial charge in [0.2, 0.25) is 0 Å². The zero-order chi connectivity index (χ0) is 23.9. The summed E-state index contributed by atoms with van der Waals surface area (Å²) in [7, 11) is 0. The van der Waals surface area contributed by atoms with E-state index in [2.05, 4.69) is 31.7 Å². The molecule has 0 spiro atoms. The van der Waals surface area contributed by atoms with Crippen LogP contribution in [0.3, 0.4) is 0 Å². The molecular weight excluding hydrogens is 443 g/mol. The number of fused-ring (bicyclic) bond motifs is 1. The van der Waals surface area contributed by atoms with E-state index in [-0.39, 0.29) is 25.9 Å². The Bertz CT molecular complexity index is 1390. The first kappa shape index (κ1) is 21.9. The second kappa shape index (κ2) is 8.44. The van der Waals surface area contributed by atoms with Gasteiger partial charge >= 0.3 is 0 Å². The summed E-state index contributed by atoms with van der Waals surface area (Å²) < 4.78 is 41.0. The van der Waals surface area contributed by atoms with E-state index >= 15 is 0 Å². The van der Waals surface area contributed by atoms with Gasteiger partial charge in [-0.05, 0) is 25.1 Å². The van der Waals surface area contributed by atoms with E-state index in [0.29, 0.717) is 34.0 Å². The van der Waals surface area contributed by atoms with Crippen LogP contribution in [0.25, 0.3) is 39.4 Å². The Hall–Kier alpha value is -3.95. The molecule has 4 aromatic heterocycles. The van der Waals surface area contributed by atoms with Crippen molar-refractivity contribution in [3.63, 3.8) is 0 Å². The van der Waals surface area contributed by atoms with Crippen molar-refractivity contribution in [2.45, 2.75) is 25.7 Å². The van der Waals surface area contributed by atoms with Gasteiger partial charge in [0.15, 0.2) is 5.82 Å². The third kappa shape index (κ3) is 4.07. The molecule has 0 unspecified atom stereocenters. The second-order valence-electron chi connectivity index (χ2n) is 8.27. The SMILES string of the molecule is C=C/C=C(\c1nc(-c2n[nH]c3cnc(-c4cncc(F)c4)cc23)[nH]c1C)N1CCC(F)(F)CC1. The van der Waals surface area contributed by atoms with Gasteiger partial charge in [-0.1, -0.05) is 12.7 Å². The molecule has 4 aromatic rings. The molecule has 34 heavy (non-hydrogen) atoms. The van der Waals surface area contributed by atoms with Crippen LogP contribution in [0.2, 0.25) is 0 Å². The maximum absolute atomic E-state index is 13.7. The highest BCUT2D eigenvalue weighted by Crippen LogP contribution is 2.34. The van der Waals surface area contributed by atoms with Crippen molar-refractivity contribution >= 4 is 16.6 Å². The van der Waals surface area contributed by atoms with Crippen LogP contribution < -0.4 is 0 Å². The third-order valence-corrected chi connectivity index (χ3v) is 5.91. The highest BCUT2D eigenvalue weighted by molar-refractivity contribution is 5.93. The largest absolute Gasteiger partial charge is 0.369 e. The fourth-order valence-corrected chi connectivity index (χ4v) is 4.15. The van der Waals surface area contributed by atoms with Gasteiger partial charge in [0.25, 0.3) is 5.92 Å². The van der Waals surface area contributed by atoms with Crippen LogP contribution >= 0.6 is 0 Å². The number of allylic oxidation sites excluding steroid dienone is 2. The molecule has 0 radical (unpaired) electrons. The molecule has 0 aliphatic carbocycles. The van der Waals surface area contributed by atoms with E-state index in [1.807, 2.05) is 11.8 Å². The maximum Gasteiger partial charge on any atom is 0.251 e.